The fraction of sp³-hybridized carbons (Fsp3) is 0.556. The van der Waals surface area contributed by atoms with E-state index >= 15 is 0 Å². The van der Waals surface area contributed by atoms with Crippen molar-refractivity contribution in [2.75, 3.05) is 26.2 Å². The zero-order chi connectivity index (χ0) is 18.7. The van der Waals surface area contributed by atoms with E-state index in [4.69, 9.17) is 5.11 Å². The minimum atomic E-state index is -0.870. The molecule has 3 rings (SSSR count). The monoisotopic (exact) mass is 377 g/mol. The molecule has 0 spiro atoms. The molecule has 2 saturated heterocycles. The van der Waals surface area contributed by atoms with Crippen molar-refractivity contribution in [2.24, 2.45) is 5.92 Å². The molecule has 3 heterocycles. The Labute approximate surface area is 156 Å². The number of likely N-dealkylation sites (tertiary alicyclic amines) is 2. The van der Waals surface area contributed by atoms with Crippen LogP contribution in [0.25, 0.3) is 0 Å². The molecule has 2 aliphatic heterocycles. The maximum Gasteiger partial charge on any atom is 0.308 e. The Morgan fingerprint density at radius 3 is 2.62 bits per heavy atom. The first-order chi connectivity index (χ1) is 12.5. The number of carbonyl (C=O) groups is 3. The van der Waals surface area contributed by atoms with Gasteiger partial charge in [0.05, 0.1) is 16.7 Å². The first-order valence-electron chi connectivity index (χ1n) is 8.90. The van der Waals surface area contributed by atoms with Crippen LogP contribution in [0.4, 0.5) is 0 Å². The lowest BCUT2D eigenvalue weighted by atomic mass is 10.1. The SMILES string of the molecule is CC(Sc1ncccc1C(=O)N1CCC(C(=O)O)C1)C(=O)N1CCCC1. The van der Waals surface area contributed by atoms with Crippen molar-refractivity contribution in [1.82, 2.24) is 14.8 Å². The van der Waals surface area contributed by atoms with Gasteiger partial charge in [0.25, 0.3) is 5.91 Å². The highest BCUT2D eigenvalue weighted by molar-refractivity contribution is 8.00. The highest BCUT2D eigenvalue weighted by Gasteiger charge is 2.33. The van der Waals surface area contributed by atoms with Crippen LogP contribution in [0.1, 0.15) is 36.5 Å². The minimum absolute atomic E-state index is 0.0728. The Morgan fingerprint density at radius 1 is 1.23 bits per heavy atom. The molecule has 1 aromatic rings. The number of carboxylic acid groups (broad SMARTS) is 1. The molecule has 2 amide bonds. The molecule has 0 radical (unpaired) electrons. The molecule has 7 nitrogen and oxygen atoms in total. The summed E-state index contributed by atoms with van der Waals surface area (Å²) in [5.41, 5.74) is 0.435. The third-order valence-electron chi connectivity index (χ3n) is 4.88. The summed E-state index contributed by atoms with van der Waals surface area (Å²) in [6.07, 6.45) is 4.15. The summed E-state index contributed by atoms with van der Waals surface area (Å²) in [7, 11) is 0. The van der Waals surface area contributed by atoms with Crippen LogP contribution in [-0.2, 0) is 9.59 Å². The number of hydrogen-bond acceptors (Lipinski definition) is 5. The Bertz CT molecular complexity index is 705. The molecule has 0 aromatic carbocycles. The van der Waals surface area contributed by atoms with Crippen molar-refractivity contribution < 1.29 is 19.5 Å². The first kappa shape index (κ1) is 18.7. The van der Waals surface area contributed by atoms with Crippen molar-refractivity contribution in [1.29, 1.82) is 0 Å². The second-order valence-electron chi connectivity index (χ2n) is 6.72. The minimum Gasteiger partial charge on any atom is -0.481 e. The van der Waals surface area contributed by atoms with E-state index in [2.05, 4.69) is 4.98 Å². The van der Waals surface area contributed by atoms with Crippen LogP contribution >= 0.6 is 11.8 Å². The molecular formula is C18H23N3O4S. The number of carboxylic acids is 1. The molecule has 140 valence electrons. The van der Waals surface area contributed by atoms with Gasteiger partial charge < -0.3 is 14.9 Å². The molecule has 8 heteroatoms. The highest BCUT2D eigenvalue weighted by Crippen LogP contribution is 2.29. The summed E-state index contributed by atoms with van der Waals surface area (Å²) in [6, 6.07) is 3.38. The van der Waals surface area contributed by atoms with E-state index in [0.29, 0.717) is 23.6 Å². The van der Waals surface area contributed by atoms with Gasteiger partial charge in [0.2, 0.25) is 5.91 Å². The average Bonchev–Trinajstić information content (AvgIpc) is 3.32. The van der Waals surface area contributed by atoms with Gasteiger partial charge in [-0.1, -0.05) is 11.8 Å². The average molecular weight is 377 g/mol. The van der Waals surface area contributed by atoms with Gasteiger partial charge in [-0.15, -0.1) is 0 Å². The lowest BCUT2D eigenvalue weighted by Gasteiger charge is -2.21. The van der Waals surface area contributed by atoms with E-state index in [1.54, 1.807) is 23.2 Å². The van der Waals surface area contributed by atoms with Gasteiger partial charge in [0.1, 0.15) is 5.03 Å². The number of aliphatic carboxylic acids is 1. The number of aromatic nitrogens is 1. The zero-order valence-electron chi connectivity index (χ0n) is 14.8. The lowest BCUT2D eigenvalue weighted by molar-refractivity contribution is -0.141. The largest absolute Gasteiger partial charge is 0.481 e. The van der Waals surface area contributed by atoms with Gasteiger partial charge in [0.15, 0.2) is 0 Å². The van der Waals surface area contributed by atoms with E-state index in [9.17, 15) is 14.4 Å². The van der Waals surface area contributed by atoms with E-state index in [0.717, 1.165) is 25.9 Å². The Morgan fingerprint density at radius 2 is 1.96 bits per heavy atom. The van der Waals surface area contributed by atoms with Crippen LogP contribution in [0.2, 0.25) is 0 Å². The summed E-state index contributed by atoms with van der Waals surface area (Å²) in [5, 5.41) is 9.33. The third kappa shape index (κ3) is 4.00. The molecule has 2 unspecified atom stereocenters. The lowest BCUT2D eigenvalue weighted by Crippen LogP contribution is -2.34. The molecule has 1 N–H and O–H groups in total. The summed E-state index contributed by atoms with van der Waals surface area (Å²) >= 11 is 1.29. The maximum atomic E-state index is 12.8. The molecule has 2 atom stereocenters. The van der Waals surface area contributed by atoms with Gasteiger partial charge in [-0.3, -0.25) is 14.4 Å². The number of nitrogens with zero attached hydrogens (tertiary/aromatic N) is 3. The first-order valence-corrected chi connectivity index (χ1v) is 9.78. The van der Waals surface area contributed by atoms with Crippen molar-refractivity contribution in [2.45, 2.75) is 36.5 Å². The molecule has 0 bridgehead atoms. The number of hydrogen-bond donors (Lipinski definition) is 1. The molecule has 0 aliphatic carbocycles. The maximum absolute atomic E-state index is 12.8. The highest BCUT2D eigenvalue weighted by atomic mass is 32.2. The van der Waals surface area contributed by atoms with Gasteiger partial charge in [-0.25, -0.2) is 4.98 Å². The van der Waals surface area contributed by atoms with E-state index in [-0.39, 0.29) is 23.6 Å². The Balaban J connectivity index is 1.70. The fourth-order valence-corrected chi connectivity index (χ4v) is 4.37. The van der Waals surface area contributed by atoms with Gasteiger partial charge >= 0.3 is 5.97 Å². The second kappa shape index (κ2) is 8.07. The summed E-state index contributed by atoms with van der Waals surface area (Å²) in [4.78, 5) is 44.2. The Hall–Kier alpha value is -2.09. The van der Waals surface area contributed by atoms with Crippen molar-refractivity contribution in [3.8, 4) is 0 Å². The molecule has 1 aromatic heterocycles. The molecular weight excluding hydrogens is 354 g/mol. The normalized spacial score (nSPS) is 21.0. The van der Waals surface area contributed by atoms with E-state index in [1.165, 1.54) is 11.8 Å². The summed E-state index contributed by atoms with van der Waals surface area (Å²) < 4.78 is 0. The zero-order valence-corrected chi connectivity index (χ0v) is 15.6. The third-order valence-corrected chi connectivity index (χ3v) is 5.98. The summed E-state index contributed by atoms with van der Waals surface area (Å²) in [5.74, 6) is -1.53. The number of amides is 2. The van der Waals surface area contributed by atoms with Crippen LogP contribution in [0.3, 0.4) is 0 Å². The van der Waals surface area contributed by atoms with Crippen LogP contribution < -0.4 is 0 Å². The second-order valence-corrected chi connectivity index (χ2v) is 8.05. The van der Waals surface area contributed by atoms with Gasteiger partial charge in [-0.05, 0) is 38.3 Å². The number of thioether (sulfide) groups is 1. The number of pyridine rings is 1. The van der Waals surface area contributed by atoms with Crippen LogP contribution in [0, 0.1) is 5.92 Å². The molecule has 26 heavy (non-hydrogen) atoms. The van der Waals surface area contributed by atoms with Crippen molar-refractivity contribution in [3.05, 3.63) is 23.9 Å². The van der Waals surface area contributed by atoms with E-state index < -0.39 is 11.9 Å². The van der Waals surface area contributed by atoms with Crippen molar-refractivity contribution >= 4 is 29.5 Å². The standard InChI is InChI=1S/C18H23N3O4S/c1-12(16(22)20-8-2-3-9-20)26-15-14(5-4-7-19-15)17(23)21-10-6-13(11-21)18(24)25/h4-5,7,12-13H,2-3,6,8-11H2,1H3,(H,24,25). The predicted molar refractivity (Wildman–Crippen MR) is 97.0 cm³/mol. The molecule has 2 fully saturated rings. The van der Waals surface area contributed by atoms with Crippen LogP contribution in [0.15, 0.2) is 23.4 Å². The topological polar surface area (TPSA) is 90.8 Å². The quantitative estimate of drug-likeness (QED) is 0.786. The van der Waals surface area contributed by atoms with Crippen molar-refractivity contribution in [3.63, 3.8) is 0 Å². The number of rotatable bonds is 5. The summed E-state index contributed by atoms with van der Waals surface area (Å²) in [6.45, 7) is 4.07. The fourth-order valence-electron chi connectivity index (χ4n) is 3.38. The smallest absolute Gasteiger partial charge is 0.308 e. The van der Waals surface area contributed by atoms with Gasteiger partial charge in [0, 0.05) is 32.4 Å². The molecule has 2 aliphatic rings. The molecule has 0 saturated carbocycles. The number of carbonyl (C=O) groups excluding carboxylic acids is 2. The van der Waals surface area contributed by atoms with Gasteiger partial charge in [-0.2, -0.15) is 0 Å². The van der Waals surface area contributed by atoms with E-state index in [1.807, 2.05) is 11.8 Å². The van der Waals surface area contributed by atoms with Crippen LogP contribution in [-0.4, -0.2) is 69.1 Å². The predicted octanol–water partition coefficient (Wildman–Crippen LogP) is 1.73. The Kier molecular flexibility index (Phi) is 5.80. The van der Waals surface area contributed by atoms with Crippen LogP contribution in [0.5, 0.6) is 0 Å².